The summed E-state index contributed by atoms with van der Waals surface area (Å²) in [5, 5.41) is 14.1. The molecule has 2 aromatic carbocycles. The lowest BCUT2D eigenvalue weighted by atomic mass is 10.1. The molecule has 0 radical (unpaired) electrons. The zero-order valence-electron chi connectivity index (χ0n) is 13.7. The minimum Gasteiger partial charge on any atom is -0.371 e. The lowest BCUT2D eigenvalue weighted by Crippen LogP contribution is -2.34. The third-order valence-electron chi connectivity index (χ3n) is 4.31. The fourth-order valence-electron chi connectivity index (χ4n) is 2.97. The van der Waals surface area contributed by atoms with Crippen molar-refractivity contribution in [2.24, 2.45) is 5.92 Å². The number of halogens is 1. The fourth-order valence-corrected chi connectivity index (χ4v) is 2.97. The highest BCUT2D eigenvalue weighted by Gasteiger charge is 2.22. The zero-order chi connectivity index (χ0) is 17.6. The van der Waals surface area contributed by atoms with Crippen LogP contribution >= 0.6 is 0 Å². The van der Waals surface area contributed by atoms with Gasteiger partial charge < -0.3 is 15.5 Å². The maximum Gasteiger partial charge on any atom is 0.319 e. The van der Waals surface area contributed by atoms with Gasteiger partial charge in [0.1, 0.15) is 11.9 Å². The molecule has 3 rings (SSSR count). The maximum absolute atomic E-state index is 13.5. The van der Waals surface area contributed by atoms with Crippen molar-refractivity contribution < 1.29 is 9.18 Å². The highest BCUT2D eigenvalue weighted by Crippen LogP contribution is 2.23. The molecule has 6 heteroatoms. The number of hydrogen-bond donors (Lipinski definition) is 2. The van der Waals surface area contributed by atoms with E-state index in [4.69, 9.17) is 5.26 Å². The molecule has 0 aliphatic carbocycles. The van der Waals surface area contributed by atoms with Crippen LogP contribution < -0.4 is 15.5 Å². The van der Waals surface area contributed by atoms with Gasteiger partial charge in [0.15, 0.2) is 0 Å². The third kappa shape index (κ3) is 4.27. The second kappa shape index (κ2) is 7.67. The van der Waals surface area contributed by atoms with Crippen molar-refractivity contribution in [2.45, 2.75) is 6.42 Å². The van der Waals surface area contributed by atoms with Gasteiger partial charge in [-0.15, -0.1) is 0 Å². The molecule has 1 fully saturated rings. The summed E-state index contributed by atoms with van der Waals surface area (Å²) in [4.78, 5) is 14.3. The highest BCUT2D eigenvalue weighted by atomic mass is 19.1. The van der Waals surface area contributed by atoms with Gasteiger partial charge in [-0.3, -0.25) is 0 Å². The number of amides is 2. The van der Waals surface area contributed by atoms with Gasteiger partial charge >= 0.3 is 6.03 Å². The van der Waals surface area contributed by atoms with Crippen LogP contribution in [-0.2, 0) is 0 Å². The first-order valence-corrected chi connectivity index (χ1v) is 8.20. The summed E-state index contributed by atoms with van der Waals surface area (Å²) in [5.74, 6) is -0.266. The lowest BCUT2D eigenvalue weighted by molar-refractivity contribution is 0.250. The average molecular weight is 338 g/mol. The van der Waals surface area contributed by atoms with E-state index in [-0.39, 0.29) is 11.6 Å². The van der Waals surface area contributed by atoms with Crippen molar-refractivity contribution in [3.8, 4) is 6.07 Å². The highest BCUT2D eigenvalue weighted by molar-refractivity contribution is 5.89. The Balaban J connectivity index is 1.47. The predicted octanol–water partition coefficient (Wildman–Crippen LogP) is 3.35. The van der Waals surface area contributed by atoms with Gasteiger partial charge in [0, 0.05) is 31.0 Å². The van der Waals surface area contributed by atoms with Crippen LogP contribution in [0.2, 0.25) is 0 Å². The third-order valence-corrected chi connectivity index (χ3v) is 4.31. The summed E-state index contributed by atoms with van der Waals surface area (Å²) in [6, 6.07) is 15.6. The molecule has 2 amide bonds. The van der Waals surface area contributed by atoms with Gasteiger partial charge in [-0.05, 0) is 42.7 Å². The van der Waals surface area contributed by atoms with Crippen LogP contribution in [0.3, 0.4) is 0 Å². The smallest absolute Gasteiger partial charge is 0.319 e. The quantitative estimate of drug-likeness (QED) is 0.898. The van der Waals surface area contributed by atoms with Crippen LogP contribution in [0.25, 0.3) is 0 Å². The van der Waals surface area contributed by atoms with Crippen molar-refractivity contribution in [3.05, 3.63) is 59.9 Å². The Kier molecular flexibility index (Phi) is 5.14. The number of carbonyl (C=O) groups excluding carboxylic acids is 1. The monoisotopic (exact) mass is 338 g/mol. The van der Waals surface area contributed by atoms with E-state index in [0.29, 0.717) is 18.2 Å². The molecule has 1 aliphatic heterocycles. The summed E-state index contributed by atoms with van der Waals surface area (Å²) in [7, 11) is 0. The topological polar surface area (TPSA) is 68.2 Å². The van der Waals surface area contributed by atoms with E-state index in [1.165, 1.54) is 17.8 Å². The molecule has 0 saturated carbocycles. The summed E-state index contributed by atoms with van der Waals surface area (Å²) in [5.41, 5.74) is 1.48. The first-order chi connectivity index (χ1) is 12.2. The van der Waals surface area contributed by atoms with E-state index < -0.39 is 5.82 Å². The van der Waals surface area contributed by atoms with Crippen LogP contribution in [0.4, 0.5) is 20.6 Å². The molecule has 2 aromatic rings. The summed E-state index contributed by atoms with van der Waals surface area (Å²) < 4.78 is 13.5. The van der Waals surface area contributed by atoms with Gasteiger partial charge in [0.25, 0.3) is 0 Å². The van der Waals surface area contributed by atoms with E-state index in [1.807, 2.05) is 18.2 Å². The SMILES string of the molecule is N#Cc1ccc(NC(=O)NC[C@@H]2CCN(c3ccccc3)C2)cc1F. The Bertz CT molecular complexity index is 788. The van der Waals surface area contributed by atoms with Crippen molar-refractivity contribution in [1.29, 1.82) is 5.26 Å². The molecular formula is C19H19FN4O. The Morgan fingerprint density at radius 1 is 1.28 bits per heavy atom. The van der Waals surface area contributed by atoms with Gasteiger partial charge in [0.2, 0.25) is 0 Å². The van der Waals surface area contributed by atoms with Crippen LogP contribution in [0.15, 0.2) is 48.5 Å². The molecule has 0 bridgehead atoms. The van der Waals surface area contributed by atoms with E-state index >= 15 is 0 Å². The molecule has 0 aromatic heterocycles. The van der Waals surface area contributed by atoms with E-state index in [2.05, 4.69) is 27.7 Å². The Morgan fingerprint density at radius 3 is 2.80 bits per heavy atom. The normalized spacial score (nSPS) is 16.3. The number of nitrogens with zero attached hydrogens (tertiary/aromatic N) is 2. The second-order valence-corrected chi connectivity index (χ2v) is 6.08. The molecule has 1 heterocycles. The maximum atomic E-state index is 13.5. The summed E-state index contributed by atoms with van der Waals surface area (Å²) in [6.07, 6.45) is 1.01. The first kappa shape index (κ1) is 16.8. The summed E-state index contributed by atoms with van der Waals surface area (Å²) in [6.45, 7) is 2.43. The molecule has 0 spiro atoms. The Morgan fingerprint density at radius 2 is 2.08 bits per heavy atom. The van der Waals surface area contributed by atoms with Gasteiger partial charge in [-0.25, -0.2) is 9.18 Å². The van der Waals surface area contributed by atoms with Gasteiger partial charge in [-0.1, -0.05) is 18.2 Å². The minimum atomic E-state index is -0.644. The molecule has 5 nitrogen and oxygen atoms in total. The first-order valence-electron chi connectivity index (χ1n) is 8.20. The van der Waals surface area contributed by atoms with Crippen LogP contribution in [0, 0.1) is 23.1 Å². The van der Waals surface area contributed by atoms with Gasteiger partial charge in [0.05, 0.1) is 5.56 Å². The van der Waals surface area contributed by atoms with Crippen molar-refractivity contribution >= 4 is 17.4 Å². The minimum absolute atomic E-state index is 0.0436. The second-order valence-electron chi connectivity index (χ2n) is 6.08. The number of para-hydroxylation sites is 1. The van der Waals surface area contributed by atoms with Crippen molar-refractivity contribution in [2.75, 3.05) is 29.9 Å². The van der Waals surface area contributed by atoms with Gasteiger partial charge in [-0.2, -0.15) is 5.26 Å². The molecule has 1 aliphatic rings. The summed E-state index contributed by atoms with van der Waals surface area (Å²) >= 11 is 0. The molecule has 1 atom stereocenters. The largest absolute Gasteiger partial charge is 0.371 e. The average Bonchev–Trinajstić information content (AvgIpc) is 3.10. The molecule has 0 unspecified atom stereocenters. The number of benzene rings is 2. The Hall–Kier alpha value is -3.07. The molecule has 2 N–H and O–H groups in total. The number of nitrogens with one attached hydrogen (secondary N) is 2. The number of hydrogen-bond acceptors (Lipinski definition) is 3. The van der Waals surface area contributed by atoms with Crippen LogP contribution in [0.5, 0.6) is 0 Å². The van der Waals surface area contributed by atoms with Crippen LogP contribution in [-0.4, -0.2) is 25.7 Å². The molecule has 128 valence electrons. The van der Waals surface area contributed by atoms with E-state index in [1.54, 1.807) is 6.07 Å². The van der Waals surface area contributed by atoms with Crippen molar-refractivity contribution in [3.63, 3.8) is 0 Å². The molecule has 1 saturated heterocycles. The number of carbonyl (C=O) groups is 1. The Labute approximate surface area is 146 Å². The standard InChI is InChI=1S/C19H19FN4O/c20-18-10-16(7-6-15(18)11-21)23-19(25)22-12-14-8-9-24(13-14)17-4-2-1-3-5-17/h1-7,10,14H,8-9,12-13H2,(H2,22,23,25)/t14-/m0/s1. The van der Waals surface area contributed by atoms with E-state index in [0.717, 1.165) is 25.6 Å². The van der Waals surface area contributed by atoms with Crippen molar-refractivity contribution in [1.82, 2.24) is 5.32 Å². The number of nitriles is 1. The predicted molar refractivity (Wildman–Crippen MR) is 94.9 cm³/mol. The number of anilines is 2. The zero-order valence-corrected chi connectivity index (χ0v) is 13.7. The van der Waals surface area contributed by atoms with Crippen LogP contribution in [0.1, 0.15) is 12.0 Å². The van der Waals surface area contributed by atoms with E-state index in [9.17, 15) is 9.18 Å². The number of urea groups is 1. The molecular weight excluding hydrogens is 319 g/mol. The number of rotatable bonds is 4. The fraction of sp³-hybridized carbons (Fsp3) is 0.263. The molecule has 25 heavy (non-hydrogen) atoms. The lowest BCUT2D eigenvalue weighted by Gasteiger charge is -2.18.